The predicted molar refractivity (Wildman–Crippen MR) is 156 cm³/mol. The Hall–Kier alpha value is -4.29. The Bertz CT molecular complexity index is 1560. The Morgan fingerprint density at radius 3 is 2.24 bits per heavy atom. The molecule has 2 amide bonds. The quantitative estimate of drug-likeness (QED) is 0.172. The maximum atomic E-state index is 13.6. The number of anilines is 1. The van der Waals surface area contributed by atoms with Crippen LogP contribution in [-0.2, 0) is 9.59 Å². The van der Waals surface area contributed by atoms with Gasteiger partial charge in [-0.25, -0.2) is 0 Å². The summed E-state index contributed by atoms with van der Waals surface area (Å²) in [4.78, 5) is 27.9. The van der Waals surface area contributed by atoms with Gasteiger partial charge in [-0.2, -0.15) is 0 Å². The summed E-state index contributed by atoms with van der Waals surface area (Å²) in [6.45, 7) is 8.44. The highest BCUT2D eigenvalue weighted by Crippen LogP contribution is 2.38. The van der Waals surface area contributed by atoms with Gasteiger partial charge in [-0.1, -0.05) is 56.3 Å². The summed E-state index contributed by atoms with van der Waals surface area (Å²) in [5.41, 5.74) is 6.97. The van der Waals surface area contributed by atoms with E-state index in [0.29, 0.717) is 23.1 Å². The molecule has 1 fully saturated rings. The Morgan fingerprint density at radius 1 is 0.868 bits per heavy atom. The second-order valence-corrected chi connectivity index (χ2v) is 10.1. The molecule has 5 rings (SSSR count). The number of benzene rings is 2. The largest absolute Gasteiger partial charge is 0.457 e. The van der Waals surface area contributed by atoms with E-state index in [9.17, 15) is 9.59 Å². The molecule has 38 heavy (non-hydrogen) atoms. The summed E-state index contributed by atoms with van der Waals surface area (Å²) >= 11 is 5.39. The van der Waals surface area contributed by atoms with Gasteiger partial charge < -0.3 is 4.74 Å². The van der Waals surface area contributed by atoms with Crippen LogP contribution in [0.5, 0.6) is 11.5 Å². The second kappa shape index (κ2) is 10.2. The van der Waals surface area contributed by atoms with E-state index < -0.39 is 11.8 Å². The number of carbonyl (C=O) groups is 2. The highest BCUT2D eigenvalue weighted by atomic mass is 32.1. The monoisotopic (exact) mass is 520 g/mol. The van der Waals surface area contributed by atoms with Crippen molar-refractivity contribution < 1.29 is 14.3 Å². The van der Waals surface area contributed by atoms with Gasteiger partial charge in [-0.05, 0) is 108 Å². The Kier molecular flexibility index (Phi) is 6.83. The van der Waals surface area contributed by atoms with Crippen LogP contribution >= 0.6 is 12.2 Å². The van der Waals surface area contributed by atoms with Gasteiger partial charge in [-0.15, -0.1) is 0 Å². The average molecular weight is 521 g/mol. The number of aryl methyl sites for hydroxylation is 2. The zero-order valence-electron chi connectivity index (χ0n) is 21.7. The van der Waals surface area contributed by atoms with Gasteiger partial charge in [0.05, 0.1) is 5.69 Å². The lowest BCUT2D eigenvalue weighted by atomic mass is 9.99. The highest BCUT2D eigenvalue weighted by Gasteiger charge is 2.35. The minimum atomic E-state index is -0.506. The van der Waals surface area contributed by atoms with Crippen molar-refractivity contribution >= 4 is 40.9 Å². The van der Waals surface area contributed by atoms with E-state index >= 15 is 0 Å². The van der Waals surface area contributed by atoms with Gasteiger partial charge in [0.15, 0.2) is 5.11 Å². The van der Waals surface area contributed by atoms with Crippen molar-refractivity contribution in [3.05, 3.63) is 107 Å². The number of nitrogens with one attached hydrogen (secondary N) is 1. The van der Waals surface area contributed by atoms with Crippen LogP contribution in [0.15, 0.2) is 84.4 Å². The number of hydrogen-bond donors (Lipinski definition) is 1. The molecule has 0 unspecified atom stereocenters. The number of thiocarbonyl (C=S) groups is 1. The molecular formula is C32H28N2O3S. The van der Waals surface area contributed by atoms with Crippen molar-refractivity contribution in [2.45, 2.75) is 33.6 Å². The third kappa shape index (κ3) is 4.83. The summed E-state index contributed by atoms with van der Waals surface area (Å²) in [5.74, 6) is 0.740. The molecule has 0 bridgehead atoms. The molecule has 1 heterocycles. The lowest BCUT2D eigenvalue weighted by Crippen LogP contribution is -2.54. The van der Waals surface area contributed by atoms with Gasteiger partial charge in [0.2, 0.25) is 0 Å². The Morgan fingerprint density at radius 2 is 1.55 bits per heavy atom. The number of carbonyl (C=O) groups excluding carboxylic acids is 2. The summed E-state index contributed by atoms with van der Waals surface area (Å²) in [5, 5.41) is 2.72. The van der Waals surface area contributed by atoms with Crippen LogP contribution in [0.1, 0.15) is 42.0 Å². The lowest BCUT2D eigenvalue weighted by Gasteiger charge is -2.29. The van der Waals surface area contributed by atoms with E-state index in [4.69, 9.17) is 17.0 Å². The maximum absolute atomic E-state index is 13.6. The predicted octanol–water partition coefficient (Wildman–Crippen LogP) is 7.16. The van der Waals surface area contributed by atoms with Crippen LogP contribution in [0, 0.1) is 13.8 Å². The minimum absolute atomic E-state index is 0.0325. The first-order valence-electron chi connectivity index (χ1n) is 12.5. The molecule has 0 atom stereocenters. The molecule has 1 saturated heterocycles. The Balaban J connectivity index is 1.49. The number of amides is 2. The summed E-state index contributed by atoms with van der Waals surface area (Å²) < 4.78 is 5.86. The molecule has 2 aliphatic carbocycles. The van der Waals surface area contributed by atoms with E-state index in [1.165, 1.54) is 10.5 Å². The molecule has 0 aromatic heterocycles. The number of nitrogens with zero attached hydrogens (tertiary/aromatic N) is 1. The van der Waals surface area contributed by atoms with E-state index in [1.807, 2.05) is 36.4 Å². The third-order valence-corrected chi connectivity index (χ3v) is 7.01. The minimum Gasteiger partial charge on any atom is -0.457 e. The van der Waals surface area contributed by atoms with Gasteiger partial charge in [0, 0.05) is 0 Å². The van der Waals surface area contributed by atoms with Crippen LogP contribution in [0.2, 0.25) is 0 Å². The third-order valence-electron chi connectivity index (χ3n) is 6.73. The van der Waals surface area contributed by atoms with Crippen molar-refractivity contribution in [1.29, 1.82) is 0 Å². The zero-order chi connectivity index (χ0) is 27.0. The average Bonchev–Trinajstić information content (AvgIpc) is 3.07. The first-order valence-corrected chi connectivity index (χ1v) is 12.9. The van der Waals surface area contributed by atoms with Crippen molar-refractivity contribution in [2.24, 2.45) is 0 Å². The number of fused-ring (bicyclic) bond motifs is 1. The van der Waals surface area contributed by atoms with Crippen LogP contribution in [-0.4, -0.2) is 16.9 Å². The lowest BCUT2D eigenvalue weighted by molar-refractivity contribution is -0.122. The molecule has 1 aliphatic heterocycles. The van der Waals surface area contributed by atoms with Crippen molar-refractivity contribution in [3.8, 4) is 22.6 Å². The summed E-state index contributed by atoms with van der Waals surface area (Å²) in [6.07, 6.45) is 1.68. The molecule has 6 heteroatoms. The molecule has 2 aromatic carbocycles. The van der Waals surface area contributed by atoms with Crippen LogP contribution in [0.4, 0.5) is 5.69 Å². The van der Waals surface area contributed by atoms with Gasteiger partial charge in [-0.3, -0.25) is 19.8 Å². The standard InChI is InChI=1S/C32H28N2O3S/c1-19(2)22-11-10-20(3)29-23(16-21(4)27(29)17-22)18-28-30(35)33-32(38)34(31(28)36)24-12-14-26(15-13-24)37-25-8-6-5-7-9-25/h5-19H,1-4H3,(H,33,35,38)/b28-18-. The van der Waals surface area contributed by atoms with Crippen molar-refractivity contribution in [1.82, 2.24) is 5.32 Å². The first kappa shape index (κ1) is 25.4. The summed E-state index contributed by atoms with van der Waals surface area (Å²) in [6, 6.07) is 24.9. The van der Waals surface area contributed by atoms with Crippen LogP contribution in [0.3, 0.4) is 0 Å². The van der Waals surface area contributed by atoms with E-state index in [0.717, 1.165) is 27.8 Å². The SMILES string of the molecule is Cc1cc(/C=C2/C(=O)NC(=S)N(c3ccc(Oc4ccccc4)cc3)C2=O)c2c(C)ccc(C(C)C)cc1-2. The van der Waals surface area contributed by atoms with Gasteiger partial charge in [0.1, 0.15) is 17.1 Å². The molecule has 1 N–H and O–H groups in total. The van der Waals surface area contributed by atoms with Crippen LogP contribution < -0.4 is 15.0 Å². The van der Waals surface area contributed by atoms with Gasteiger partial charge >= 0.3 is 0 Å². The van der Waals surface area contributed by atoms with E-state index in [-0.39, 0.29) is 10.7 Å². The fourth-order valence-corrected chi connectivity index (χ4v) is 4.97. The zero-order valence-corrected chi connectivity index (χ0v) is 22.6. The molecule has 0 spiro atoms. The summed E-state index contributed by atoms with van der Waals surface area (Å²) in [7, 11) is 0. The molecular weight excluding hydrogens is 492 g/mol. The molecule has 3 aliphatic rings. The molecule has 0 saturated carbocycles. The van der Waals surface area contributed by atoms with Crippen molar-refractivity contribution in [2.75, 3.05) is 4.90 Å². The van der Waals surface area contributed by atoms with Gasteiger partial charge in [0.25, 0.3) is 11.8 Å². The number of para-hydroxylation sites is 1. The topological polar surface area (TPSA) is 58.6 Å². The number of rotatable bonds is 5. The van der Waals surface area contributed by atoms with Crippen LogP contribution in [0.25, 0.3) is 17.2 Å². The number of ether oxygens (including phenoxy) is 1. The normalized spacial score (nSPS) is 14.9. The molecule has 190 valence electrons. The number of hydrogen-bond acceptors (Lipinski definition) is 4. The molecule has 2 aromatic rings. The molecule has 0 radical (unpaired) electrons. The Labute approximate surface area is 228 Å². The fourth-order valence-electron chi connectivity index (χ4n) is 4.69. The second-order valence-electron chi connectivity index (χ2n) is 9.75. The first-order chi connectivity index (χ1) is 18.2. The molecule has 5 nitrogen and oxygen atoms in total. The maximum Gasteiger partial charge on any atom is 0.270 e. The van der Waals surface area contributed by atoms with Crippen molar-refractivity contribution in [3.63, 3.8) is 0 Å². The highest BCUT2D eigenvalue weighted by molar-refractivity contribution is 7.80. The fraction of sp³-hybridized carbons (Fsp3) is 0.156. The van der Waals surface area contributed by atoms with E-state index in [1.54, 1.807) is 30.3 Å². The smallest absolute Gasteiger partial charge is 0.270 e. The van der Waals surface area contributed by atoms with E-state index in [2.05, 4.69) is 51.2 Å².